The molecule has 0 fully saturated rings. The summed E-state index contributed by atoms with van der Waals surface area (Å²) < 4.78 is 13.5. The molecule has 0 N–H and O–H groups in total. The number of aryl methyl sites for hydroxylation is 2. The lowest BCUT2D eigenvalue weighted by atomic mass is 10.1. The molecule has 4 rings (SSSR count). The van der Waals surface area contributed by atoms with Gasteiger partial charge < -0.3 is 13.7 Å². The Labute approximate surface area is 176 Å². The fourth-order valence-electron chi connectivity index (χ4n) is 3.19. The molecule has 0 saturated carbocycles. The molecule has 0 aliphatic carbocycles. The molecule has 0 unspecified atom stereocenters. The van der Waals surface area contributed by atoms with E-state index >= 15 is 0 Å². The number of oxazole rings is 1. The molecule has 5 heteroatoms. The molecule has 4 aromatic rings. The minimum absolute atomic E-state index is 0.382. The van der Waals surface area contributed by atoms with Gasteiger partial charge in [-0.2, -0.15) is 0 Å². The van der Waals surface area contributed by atoms with Crippen LogP contribution in [0.4, 0.5) is 0 Å². The molecule has 0 bridgehead atoms. The van der Waals surface area contributed by atoms with Crippen molar-refractivity contribution >= 4 is 12.2 Å². The number of nitrogens with zero attached hydrogens (tertiary/aromatic N) is 3. The van der Waals surface area contributed by atoms with Crippen LogP contribution in [0.25, 0.3) is 12.2 Å². The van der Waals surface area contributed by atoms with Gasteiger partial charge in [-0.05, 0) is 48.6 Å². The van der Waals surface area contributed by atoms with Crippen LogP contribution < -0.4 is 4.74 Å². The van der Waals surface area contributed by atoms with Crippen molar-refractivity contribution in [3.8, 4) is 5.75 Å². The van der Waals surface area contributed by atoms with Gasteiger partial charge in [0, 0.05) is 25.0 Å². The molecular weight excluding hydrogens is 374 g/mol. The minimum atomic E-state index is 0.382. The molecule has 5 nitrogen and oxygen atoms in total. The molecule has 2 aromatic carbocycles. The number of unbranched alkanes of at least 4 members (excludes halogenated alkanes) is 1. The second-order valence-corrected chi connectivity index (χ2v) is 7.11. The van der Waals surface area contributed by atoms with Crippen molar-refractivity contribution in [1.82, 2.24) is 14.5 Å². The monoisotopic (exact) mass is 399 g/mol. The number of hydrogen-bond acceptors (Lipinski definition) is 4. The highest BCUT2D eigenvalue weighted by molar-refractivity contribution is 5.65. The van der Waals surface area contributed by atoms with Crippen molar-refractivity contribution in [1.29, 1.82) is 0 Å². The van der Waals surface area contributed by atoms with Crippen molar-refractivity contribution in [2.45, 2.75) is 32.4 Å². The number of imidazole rings is 1. The third-order valence-corrected chi connectivity index (χ3v) is 4.76. The first-order valence-electron chi connectivity index (χ1n) is 10.2. The zero-order valence-electron chi connectivity index (χ0n) is 16.9. The van der Waals surface area contributed by atoms with Crippen LogP contribution in [0.2, 0.25) is 0 Å². The number of benzene rings is 2. The quantitative estimate of drug-likeness (QED) is 0.324. The first-order chi connectivity index (χ1) is 14.8. The molecule has 2 heterocycles. The van der Waals surface area contributed by atoms with Gasteiger partial charge in [0.2, 0.25) is 5.89 Å². The standard InChI is InChI=1S/C25H25N3O2/c1-2-7-21(8-3-1)12-13-25-27-23(19-30-25)18-29-24-11-6-10-22(17-24)9-4-5-15-28-16-14-26-20-28/h1-3,6-8,10-14,16-17,19-20H,4-5,9,15,18H2. The van der Waals surface area contributed by atoms with Gasteiger partial charge in [-0.1, -0.05) is 42.5 Å². The average molecular weight is 399 g/mol. The van der Waals surface area contributed by atoms with Crippen molar-refractivity contribution in [2.75, 3.05) is 0 Å². The average Bonchev–Trinajstić information content (AvgIpc) is 3.47. The van der Waals surface area contributed by atoms with Crippen molar-refractivity contribution in [2.24, 2.45) is 0 Å². The molecule has 0 atom stereocenters. The molecule has 0 radical (unpaired) electrons. The highest BCUT2D eigenvalue weighted by atomic mass is 16.5. The maximum atomic E-state index is 5.92. The SMILES string of the molecule is C(=Cc1nc(COc2cccc(CCCCn3ccnc3)c2)co1)c1ccccc1. The van der Waals surface area contributed by atoms with Crippen LogP contribution in [0, 0.1) is 0 Å². The summed E-state index contributed by atoms with van der Waals surface area (Å²) in [5, 5.41) is 0. The van der Waals surface area contributed by atoms with Gasteiger partial charge in [-0.3, -0.25) is 0 Å². The summed E-state index contributed by atoms with van der Waals surface area (Å²) in [6.45, 7) is 1.39. The Morgan fingerprint density at radius 3 is 2.80 bits per heavy atom. The van der Waals surface area contributed by atoms with Gasteiger partial charge in [0.15, 0.2) is 0 Å². The van der Waals surface area contributed by atoms with E-state index in [1.165, 1.54) is 5.56 Å². The number of aromatic nitrogens is 3. The molecule has 30 heavy (non-hydrogen) atoms. The fraction of sp³-hybridized carbons (Fsp3) is 0.200. The normalized spacial score (nSPS) is 11.2. The van der Waals surface area contributed by atoms with Crippen LogP contribution in [-0.2, 0) is 19.6 Å². The maximum absolute atomic E-state index is 5.92. The van der Waals surface area contributed by atoms with Crippen LogP contribution >= 0.6 is 0 Å². The second-order valence-electron chi connectivity index (χ2n) is 7.11. The first kappa shape index (κ1) is 19.7. The molecule has 2 aromatic heterocycles. The number of ether oxygens (including phenoxy) is 1. The van der Waals surface area contributed by atoms with E-state index in [1.807, 2.05) is 73.3 Å². The van der Waals surface area contributed by atoms with Gasteiger partial charge in [0.1, 0.15) is 24.3 Å². The molecule has 0 aliphatic rings. The van der Waals surface area contributed by atoms with Gasteiger partial charge in [-0.15, -0.1) is 0 Å². The molecule has 0 aliphatic heterocycles. The van der Waals surface area contributed by atoms with Crippen molar-refractivity contribution < 1.29 is 9.15 Å². The fourth-order valence-corrected chi connectivity index (χ4v) is 3.19. The third-order valence-electron chi connectivity index (χ3n) is 4.76. The highest BCUT2D eigenvalue weighted by Crippen LogP contribution is 2.17. The van der Waals surface area contributed by atoms with Crippen molar-refractivity contribution in [3.05, 3.63) is 102 Å². The summed E-state index contributed by atoms with van der Waals surface area (Å²) in [7, 11) is 0. The number of hydrogen-bond donors (Lipinski definition) is 0. The van der Waals surface area contributed by atoms with Crippen LogP contribution in [0.5, 0.6) is 5.75 Å². The Kier molecular flexibility index (Phi) is 6.74. The summed E-state index contributed by atoms with van der Waals surface area (Å²) in [4.78, 5) is 8.53. The predicted octanol–water partition coefficient (Wildman–Crippen LogP) is 5.64. The van der Waals surface area contributed by atoms with E-state index in [2.05, 4.69) is 26.7 Å². The van der Waals surface area contributed by atoms with Gasteiger partial charge in [-0.25, -0.2) is 9.97 Å². The van der Waals surface area contributed by atoms with Gasteiger partial charge in [0.05, 0.1) is 6.33 Å². The smallest absolute Gasteiger partial charge is 0.218 e. The maximum Gasteiger partial charge on any atom is 0.218 e. The Balaban J connectivity index is 1.24. The van der Waals surface area contributed by atoms with E-state index in [4.69, 9.17) is 9.15 Å². The Morgan fingerprint density at radius 1 is 1.00 bits per heavy atom. The lowest BCUT2D eigenvalue weighted by Gasteiger charge is -2.07. The van der Waals surface area contributed by atoms with E-state index < -0.39 is 0 Å². The topological polar surface area (TPSA) is 53.1 Å². The molecule has 152 valence electrons. The molecular formula is C25H25N3O2. The molecule has 0 amide bonds. The van der Waals surface area contributed by atoms with Crippen molar-refractivity contribution in [3.63, 3.8) is 0 Å². The van der Waals surface area contributed by atoms with Crippen LogP contribution in [0.15, 0.2) is 84.0 Å². The highest BCUT2D eigenvalue weighted by Gasteiger charge is 2.04. The predicted molar refractivity (Wildman–Crippen MR) is 118 cm³/mol. The largest absolute Gasteiger partial charge is 0.487 e. The van der Waals surface area contributed by atoms with Gasteiger partial charge >= 0.3 is 0 Å². The first-order valence-corrected chi connectivity index (χ1v) is 10.2. The molecule has 0 spiro atoms. The van der Waals surface area contributed by atoms with Crippen LogP contribution in [-0.4, -0.2) is 14.5 Å². The van der Waals surface area contributed by atoms with E-state index in [0.29, 0.717) is 12.5 Å². The second kappa shape index (κ2) is 10.3. The summed E-state index contributed by atoms with van der Waals surface area (Å²) in [6, 6.07) is 18.3. The van der Waals surface area contributed by atoms with E-state index in [-0.39, 0.29) is 0 Å². The Morgan fingerprint density at radius 2 is 1.93 bits per heavy atom. The minimum Gasteiger partial charge on any atom is -0.487 e. The Hall–Kier alpha value is -3.60. The van der Waals surface area contributed by atoms with Gasteiger partial charge in [0.25, 0.3) is 0 Å². The van der Waals surface area contributed by atoms with Crippen LogP contribution in [0.3, 0.4) is 0 Å². The third kappa shape index (κ3) is 5.95. The van der Waals surface area contributed by atoms with E-state index in [1.54, 1.807) is 6.26 Å². The lowest BCUT2D eigenvalue weighted by molar-refractivity contribution is 0.300. The molecule has 0 saturated heterocycles. The summed E-state index contributed by atoms with van der Waals surface area (Å²) in [6.07, 6.45) is 14.5. The summed E-state index contributed by atoms with van der Waals surface area (Å²) in [5.74, 6) is 1.43. The summed E-state index contributed by atoms with van der Waals surface area (Å²) in [5.41, 5.74) is 3.16. The Bertz CT molecular complexity index is 1050. The van der Waals surface area contributed by atoms with E-state index in [0.717, 1.165) is 42.8 Å². The van der Waals surface area contributed by atoms with Crippen LogP contribution in [0.1, 0.15) is 35.6 Å². The summed E-state index contributed by atoms with van der Waals surface area (Å²) >= 11 is 0. The zero-order chi connectivity index (χ0) is 20.4. The number of rotatable bonds is 10. The zero-order valence-corrected chi connectivity index (χ0v) is 16.9. The van der Waals surface area contributed by atoms with E-state index in [9.17, 15) is 0 Å². The lowest BCUT2D eigenvalue weighted by Crippen LogP contribution is -1.97.